The highest BCUT2D eigenvalue weighted by Gasteiger charge is 2.22. The monoisotopic (exact) mass is 586 g/mol. The van der Waals surface area contributed by atoms with Crippen LogP contribution in [0, 0.1) is 13.8 Å². The van der Waals surface area contributed by atoms with E-state index >= 15 is 0 Å². The molecule has 6 heterocycles. The van der Waals surface area contributed by atoms with Gasteiger partial charge >= 0.3 is 0 Å². The van der Waals surface area contributed by atoms with E-state index in [1.165, 1.54) is 11.1 Å². The fraction of sp³-hybridized carbons (Fsp3) is 0.143. The zero-order chi connectivity index (χ0) is 30.0. The molecule has 2 aliphatic heterocycles. The summed E-state index contributed by atoms with van der Waals surface area (Å²) in [5.74, 6) is 3.36. The van der Waals surface area contributed by atoms with Gasteiger partial charge in [0.2, 0.25) is 0 Å². The molecule has 0 amide bonds. The minimum Gasteiger partial charge on any atom is -0.342 e. The van der Waals surface area contributed by atoms with Gasteiger partial charge in [0.05, 0.1) is 61.2 Å². The third-order valence-electron chi connectivity index (χ3n) is 8.87. The number of rotatable bonds is 3. The number of nitrogens with one attached hydrogen (secondary N) is 4. The number of aliphatic imine (C=N–C) groups is 2. The van der Waals surface area contributed by atoms with E-state index in [1.54, 1.807) is 0 Å². The number of H-pyrrole nitrogens is 4. The second-order valence-corrected chi connectivity index (χ2v) is 12.3. The summed E-state index contributed by atoms with van der Waals surface area (Å²) in [7, 11) is 0. The average molecular weight is 587 g/mol. The predicted molar refractivity (Wildman–Crippen MR) is 178 cm³/mol. The fourth-order valence-electron chi connectivity index (χ4n) is 6.83. The summed E-state index contributed by atoms with van der Waals surface area (Å²) in [6.07, 6.45) is 1.59. The van der Waals surface area contributed by atoms with Crippen LogP contribution < -0.4 is 0 Å². The first-order chi connectivity index (χ1) is 21.9. The zero-order valence-corrected chi connectivity index (χ0v) is 24.8. The van der Waals surface area contributed by atoms with Crippen LogP contribution in [0.1, 0.15) is 35.3 Å². The van der Waals surface area contributed by atoms with Crippen molar-refractivity contribution in [3.8, 4) is 22.8 Å². The summed E-state index contributed by atoms with van der Waals surface area (Å²) in [5, 5.41) is 0. The van der Waals surface area contributed by atoms with Crippen LogP contribution in [0.3, 0.4) is 0 Å². The van der Waals surface area contributed by atoms with Crippen LogP contribution in [0.2, 0.25) is 0 Å². The molecule has 4 aromatic carbocycles. The summed E-state index contributed by atoms with van der Waals surface area (Å²) in [4.78, 5) is 42.9. The Bertz CT molecular complexity index is 2590. The summed E-state index contributed by atoms with van der Waals surface area (Å²) in [5.41, 5.74) is 17.0. The van der Waals surface area contributed by atoms with E-state index in [0.717, 1.165) is 120 Å². The Morgan fingerprint density at radius 1 is 0.467 bits per heavy atom. The molecule has 45 heavy (non-hydrogen) atoms. The summed E-state index contributed by atoms with van der Waals surface area (Å²) < 4.78 is 0. The van der Waals surface area contributed by atoms with Gasteiger partial charge in [-0.2, -0.15) is 0 Å². The molecule has 4 aromatic heterocycles. The van der Waals surface area contributed by atoms with Crippen LogP contribution in [-0.2, 0) is 12.8 Å². The number of aromatic nitrogens is 8. The molecular formula is C35H26N10. The molecule has 10 nitrogen and oxygen atoms in total. The van der Waals surface area contributed by atoms with Crippen molar-refractivity contribution >= 4 is 66.9 Å². The van der Waals surface area contributed by atoms with Gasteiger partial charge < -0.3 is 19.9 Å². The van der Waals surface area contributed by atoms with Gasteiger partial charge in [-0.15, -0.1) is 0 Å². The number of aryl methyl sites for hydroxylation is 2. The van der Waals surface area contributed by atoms with Gasteiger partial charge in [0, 0.05) is 29.7 Å². The predicted octanol–water partition coefficient (Wildman–Crippen LogP) is 7.47. The zero-order valence-electron chi connectivity index (χ0n) is 24.8. The minimum atomic E-state index is 0.722. The lowest BCUT2D eigenvalue weighted by molar-refractivity contribution is 1.17. The number of fused-ring (bicyclic) bond motifs is 6. The molecule has 0 radical (unpaired) electrons. The van der Waals surface area contributed by atoms with Crippen molar-refractivity contribution in [1.29, 1.82) is 0 Å². The number of imidazole rings is 4. The summed E-state index contributed by atoms with van der Waals surface area (Å²) in [6.45, 7) is 6.01. The molecule has 4 N–H and O–H groups in total. The van der Waals surface area contributed by atoms with Crippen molar-refractivity contribution in [3.63, 3.8) is 0 Å². The first-order valence-corrected chi connectivity index (χ1v) is 15.0. The van der Waals surface area contributed by atoms with Crippen LogP contribution in [-0.4, -0.2) is 51.3 Å². The Morgan fingerprint density at radius 2 is 0.956 bits per heavy atom. The van der Waals surface area contributed by atoms with E-state index in [4.69, 9.17) is 20.0 Å². The first kappa shape index (κ1) is 24.5. The molecule has 0 saturated heterocycles. The topological polar surface area (TPSA) is 139 Å². The smallest absolute Gasteiger partial charge is 0.138 e. The van der Waals surface area contributed by atoms with E-state index in [-0.39, 0.29) is 0 Å². The van der Waals surface area contributed by atoms with Crippen molar-refractivity contribution in [3.05, 3.63) is 82.9 Å². The van der Waals surface area contributed by atoms with Crippen LogP contribution >= 0.6 is 0 Å². The van der Waals surface area contributed by atoms with Gasteiger partial charge in [0.15, 0.2) is 0 Å². The third kappa shape index (κ3) is 3.81. The van der Waals surface area contributed by atoms with Crippen molar-refractivity contribution < 1.29 is 0 Å². The molecule has 10 rings (SSSR count). The molecule has 0 spiro atoms. The van der Waals surface area contributed by atoms with E-state index in [0.29, 0.717) is 0 Å². The number of hydrogen-bond donors (Lipinski definition) is 4. The van der Waals surface area contributed by atoms with E-state index in [2.05, 4.69) is 79.3 Å². The van der Waals surface area contributed by atoms with Crippen LogP contribution in [0.4, 0.5) is 11.4 Å². The molecule has 0 bridgehead atoms. The molecule has 0 atom stereocenters. The lowest BCUT2D eigenvalue weighted by atomic mass is 9.98. The van der Waals surface area contributed by atoms with E-state index in [1.807, 2.05) is 26.0 Å². The molecule has 0 fully saturated rings. The second kappa shape index (κ2) is 8.60. The van der Waals surface area contributed by atoms with Gasteiger partial charge in [0.25, 0.3) is 0 Å². The van der Waals surface area contributed by atoms with E-state index in [9.17, 15) is 0 Å². The highest BCUT2D eigenvalue weighted by molar-refractivity contribution is 6.09. The molecular weight excluding hydrogens is 560 g/mol. The Kier molecular flexibility index (Phi) is 4.69. The molecule has 216 valence electrons. The summed E-state index contributed by atoms with van der Waals surface area (Å²) >= 11 is 0. The maximum Gasteiger partial charge on any atom is 0.138 e. The SMILES string of the molecule is CC1=Nc2cc3[nH]c(-c4cc(C5=Nc6cc7[nH]c(C)nc7cc6C5)cc(-c5nc6cc7[nH]c(C)nc7cc6[nH]5)c4)nc3cc2C1. The molecule has 0 saturated carbocycles. The summed E-state index contributed by atoms with van der Waals surface area (Å²) in [6, 6.07) is 19.1. The molecule has 8 aromatic rings. The Morgan fingerprint density at radius 3 is 1.64 bits per heavy atom. The number of nitrogens with zero attached hydrogens (tertiary/aromatic N) is 6. The Labute approximate surface area is 255 Å². The molecule has 2 aliphatic rings. The maximum absolute atomic E-state index is 5.10. The van der Waals surface area contributed by atoms with Gasteiger partial charge in [-0.1, -0.05) is 0 Å². The lowest BCUT2D eigenvalue weighted by Crippen LogP contribution is -2.02. The third-order valence-corrected chi connectivity index (χ3v) is 8.87. The fourth-order valence-corrected chi connectivity index (χ4v) is 6.83. The van der Waals surface area contributed by atoms with Crippen molar-refractivity contribution in [2.75, 3.05) is 0 Å². The maximum atomic E-state index is 5.10. The van der Waals surface area contributed by atoms with Gasteiger partial charge in [-0.3, -0.25) is 9.98 Å². The van der Waals surface area contributed by atoms with Gasteiger partial charge in [-0.25, -0.2) is 19.9 Å². The molecule has 10 heteroatoms. The standard InChI is InChI=1S/C35H26N10/c1-15-4-18-9-27-31(11-24(18)36-15)43-34(42-27)21-5-19(23-8-20-10-26-28(12-25(20)41-23)38-16(2)37-26)6-22(7-21)35-44-32-13-29-30(14-33(32)45-35)40-17(3)39-29/h5-7,9-14H,4,8H2,1-3H3,(H,37,38)(H,39,40)(H,42,43)(H,44,45). The highest BCUT2D eigenvalue weighted by atomic mass is 15.0. The number of aromatic amines is 4. The van der Waals surface area contributed by atoms with E-state index < -0.39 is 0 Å². The first-order valence-electron chi connectivity index (χ1n) is 15.0. The van der Waals surface area contributed by atoms with Crippen molar-refractivity contribution in [2.24, 2.45) is 9.98 Å². The minimum absolute atomic E-state index is 0.722. The average Bonchev–Trinajstić information content (AvgIpc) is 3.84. The highest BCUT2D eigenvalue weighted by Crippen LogP contribution is 2.36. The molecule has 0 unspecified atom stereocenters. The Balaban J connectivity index is 1.13. The number of hydrogen-bond acceptors (Lipinski definition) is 6. The van der Waals surface area contributed by atoms with Crippen LogP contribution in [0.5, 0.6) is 0 Å². The normalized spacial score (nSPS) is 14.2. The molecule has 0 aliphatic carbocycles. The largest absolute Gasteiger partial charge is 0.342 e. The quantitative estimate of drug-likeness (QED) is 0.170. The van der Waals surface area contributed by atoms with Gasteiger partial charge in [0.1, 0.15) is 23.3 Å². The Hall–Kier alpha value is -5.90. The van der Waals surface area contributed by atoms with Crippen molar-refractivity contribution in [2.45, 2.75) is 33.6 Å². The lowest BCUT2D eigenvalue weighted by Gasteiger charge is -2.08. The number of benzene rings is 4. The van der Waals surface area contributed by atoms with Crippen molar-refractivity contribution in [1.82, 2.24) is 39.9 Å². The second-order valence-electron chi connectivity index (χ2n) is 12.3. The van der Waals surface area contributed by atoms with Crippen LogP contribution in [0.15, 0.2) is 64.6 Å². The van der Waals surface area contributed by atoms with Gasteiger partial charge in [-0.05, 0) is 92.1 Å². The van der Waals surface area contributed by atoms with Crippen LogP contribution in [0.25, 0.3) is 66.9 Å².